The summed E-state index contributed by atoms with van der Waals surface area (Å²) in [6, 6.07) is 8.99. The summed E-state index contributed by atoms with van der Waals surface area (Å²) in [7, 11) is 0. The number of amides is 2. The van der Waals surface area contributed by atoms with E-state index in [1.54, 1.807) is 6.08 Å². The summed E-state index contributed by atoms with van der Waals surface area (Å²) in [6.07, 6.45) is 1.64. The number of para-hydroxylation sites is 1. The van der Waals surface area contributed by atoms with Gasteiger partial charge in [-0.05, 0) is 12.1 Å². The molecule has 0 heterocycles. The Kier molecular flexibility index (Phi) is 4.58. The van der Waals surface area contributed by atoms with Gasteiger partial charge in [-0.25, -0.2) is 4.79 Å². The van der Waals surface area contributed by atoms with Gasteiger partial charge in [0, 0.05) is 17.8 Å². The lowest BCUT2D eigenvalue weighted by atomic mass is 10.3. The molecule has 0 saturated heterocycles. The third-order valence-corrected chi connectivity index (χ3v) is 1.68. The maximum Gasteiger partial charge on any atom is 0.319 e. The first kappa shape index (κ1) is 10.6. The van der Waals surface area contributed by atoms with Gasteiger partial charge in [0.15, 0.2) is 0 Å². The minimum absolute atomic E-state index is 0.244. The van der Waals surface area contributed by atoms with Crippen LogP contribution in [0.4, 0.5) is 10.5 Å². The second kappa shape index (κ2) is 6.05. The first-order valence-corrected chi connectivity index (χ1v) is 4.61. The van der Waals surface area contributed by atoms with Gasteiger partial charge in [0.2, 0.25) is 0 Å². The predicted octanol–water partition coefficient (Wildman–Crippen LogP) is 2.56. The summed E-state index contributed by atoms with van der Waals surface area (Å²) in [6.45, 7) is 0.419. The van der Waals surface area contributed by atoms with E-state index in [-0.39, 0.29) is 6.03 Å². The van der Waals surface area contributed by atoms with Crippen LogP contribution in [0.3, 0.4) is 0 Å². The summed E-state index contributed by atoms with van der Waals surface area (Å²) in [5.74, 6) is 0. The van der Waals surface area contributed by atoms with Crippen LogP contribution >= 0.6 is 11.6 Å². The van der Waals surface area contributed by atoms with Crippen molar-refractivity contribution in [3.05, 3.63) is 41.9 Å². The Hall–Kier alpha value is -1.48. The molecule has 0 bridgehead atoms. The van der Waals surface area contributed by atoms with E-state index < -0.39 is 0 Å². The molecule has 0 aliphatic rings. The lowest BCUT2D eigenvalue weighted by molar-refractivity contribution is 0.253. The molecule has 0 saturated carbocycles. The summed E-state index contributed by atoms with van der Waals surface area (Å²) >= 11 is 5.29. The fourth-order valence-corrected chi connectivity index (χ4v) is 0.982. The molecule has 0 aliphatic carbocycles. The van der Waals surface area contributed by atoms with Crippen molar-refractivity contribution in [2.45, 2.75) is 0 Å². The molecular formula is C10H11ClN2O. The van der Waals surface area contributed by atoms with Crippen molar-refractivity contribution in [1.29, 1.82) is 0 Å². The second-order valence-electron chi connectivity index (χ2n) is 2.56. The highest BCUT2D eigenvalue weighted by Gasteiger charge is 1.97. The molecule has 1 aromatic rings. The molecule has 1 rings (SSSR count). The van der Waals surface area contributed by atoms with Crippen molar-refractivity contribution in [3.8, 4) is 0 Å². The van der Waals surface area contributed by atoms with E-state index in [0.29, 0.717) is 6.54 Å². The summed E-state index contributed by atoms with van der Waals surface area (Å²) in [5, 5.41) is 5.28. The van der Waals surface area contributed by atoms with Crippen LogP contribution in [-0.4, -0.2) is 12.6 Å². The van der Waals surface area contributed by atoms with Gasteiger partial charge in [-0.2, -0.15) is 0 Å². The second-order valence-corrected chi connectivity index (χ2v) is 2.81. The Morgan fingerprint density at radius 2 is 2.07 bits per heavy atom. The van der Waals surface area contributed by atoms with E-state index in [4.69, 9.17) is 11.6 Å². The van der Waals surface area contributed by atoms with E-state index in [9.17, 15) is 4.79 Å². The summed E-state index contributed by atoms with van der Waals surface area (Å²) in [4.78, 5) is 11.2. The number of carbonyl (C=O) groups excluding carboxylic acids is 1. The maximum absolute atomic E-state index is 11.2. The summed E-state index contributed by atoms with van der Waals surface area (Å²) in [5.41, 5.74) is 2.13. The highest BCUT2D eigenvalue weighted by Crippen LogP contribution is 2.03. The number of nitrogens with one attached hydrogen (secondary N) is 2. The molecule has 0 fully saturated rings. The van der Waals surface area contributed by atoms with E-state index in [1.165, 1.54) is 5.54 Å². The smallest absolute Gasteiger partial charge is 0.319 e. The van der Waals surface area contributed by atoms with E-state index in [1.807, 2.05) is 30.3 Å². The predicted molar refractivity (Wildman–Crippen MR) is 58.5 cm³/mol. The molecule has 4 heteroatoms. The van der Waals surface area contributed by atoms with Crippen molar-refractivity contribution < 1.29 is 4.79 Å². The number of urea groups is 1. The van der Waals surface area contributed by atoms with Gasteiger partial charge in [-0.1, -0.05) is 35.9 Å². The summed E-state index contributed by atoms with van der Waals surface area (Å²) < 4.78 is 0. The van der Waals surface area contributed by atoms with Gasteiger partial charge >= 0.3 is 6.03 Å². The number of anilines is 1. The number of hydrogen-bond acceptors (Lipinski definition) is 1. The van der Waals surface area contributed by atoms with Crippen LogP contribution in [0, 0.1) is 0 Å². The topological polar surface area (TPSA) is 41.1 Å². The van der Waals surface area contributed by atoms with Crippen LogP contribution in [0.2, 0.25) is 0 Å². The molecular weight excluding hydrogens is 200 g/mol. The van der Waals surface area contributed by atoms with E-state index in [2.05, 4.69) is 10.6 Å². The van der Waals surface area contributed by atoms with Gasteiger partial charge in [-0.15, -0.1) is 0 Å². The molecule has 0 unspecified atom stereocenters. The molecule has 0 aromatic heterocycles. The fraction of sp³-hybridized carbons (Fsp3) is 0.100. The monoisotopic (exact) mass is 210 g/mol. The first-order chi connectivity index (χ1) is 6.83. The highest BCUT2D eigenvalue weighted by molar-refractivity contribution is 6.25. The van der Waals surface area contributed by atoms with Gasteiger partial charge in [0.1, 0.15) is 0 Å². The Balaban J connectivity index is 2.34. The zero-order valence-electron chi connectivity index (χ0n) is 7.53. The van der Waals surface area contributed by atoms with Crippen LogP contribution in [0.5, 0.6) is 0 Å². The van der Waals surface area contributed by atoms with Crippen molar-refractivity contribution in [1.82, 2.24) is 5.32 Å². The number of rotatable bonds is 3. The van der Waals surface area contributed by atoms with Crippen molar-refractivity contribution in [3.63, 3.8) is 0 Å². The van der Waals surface area contributed by atoms with Crippen molar-refractivity contribution >= 4 is 23.3 Å². The molecule has 74 valence electrons. The molecule has 0 atom stereocenters. The standard InChI is InChI=1S/C10H11ClN2O/c11-7-4-8-12-10(14)13-9-5-2-1-3-6-9/h1-7H,8H2,(H2,12,13,14)/b7-4+. The van der Waals surface area contributed by atoms with Crippen LogP contribution < -0.4 is 10.6 Å². The van der Waals surface area contributed by atoms with Crippen LogP contribution in [0.1, 0.15) is 0 Å². The first-order valence-electron chi connectivity index (χ1n) is 4.18. The molecule has 3 nitrogen and oxygen atoms in total. The van der Waals surface area contributed by atoms with Gasteiger partial charge in [-0.3, -0.25) is 0 Å². The van der Waals surface area contributed by atoms with Gasteiger partial charge in [0.25, 0.3) is 0 Å². The Morgan fingerprint density at radius 3 is 2.71 bits per heavy atom. The average molecular weight is 211 g/mol. The van der Waals surface area contributed by atoms with Crippen LogP contribution in [0.25, 0.3) is 0 Å². The Morgan fingerprint density at radius 1 is 1.36 bits per heavy atom. The van der Waals surface area contributed by atoms with Crippen LogP contribution in [-0.2, 0) is 0 Å². The van der Waals surface area contributed by atoms with Crippen molar-refractivity contribution in [2.24, 2.45) is 0 Å². The largest absolute Gasteiger partial charge is 0.334 e. The van der Waals surface area contributed by atoms with Crippen molar-refractivity contribution in [2.75, 3.05) is 11.9 Å². The lowest BCUT2D eigenvalue weighted by Gasteiger charge is -2.04. The number of benzene rings is 1. The molecule has 0 radical (unpaired) electrons. The molecule has 2 N–H and O–H groups in total. The van der Waals surface area contributed by atoms with E-state index >= 15 is 0 Å². The highest BCUT2D eigenvalue weighted by atomic mass is 35.5. The third-order valence-electron chi connectivity index (χ3n) is 1.50. The minimum Gasteiger partial charge on any atom is -0.334 e. The quantitative estimate of drug-likeness (QED) is 0.791. The lowest BCUT2D eigenvalue weighted by Crippen LogP contribution is -2.28. The molecule has 2 amide bonds. The van der Waals surface area contributed by atoms with Gasteiger partial charge < -0.3 is 10.6 Å². The zero-order valence-corrected chi connectivity index (χ0v) is 8.29. The molecule has 1 aromatic carbocycles. The number of hydrogen-bond donors (Lipinski definition) is 2. The fourth-order valence-electron chi connectivity index (χ4n) is 0.893. The zero-order chi connectivity index (χ0) is 10.2. The molecule has 0 aliphatic heterocycles. The minimum atomic E-state index is -0.244. The van der Waals surface area contributed by atoms with Crippen LogP contribution in [0.15, 0.2) is 41.9 Å². The molecule has 0 spiro atoms. The average Bonchev–Trinajstić information content (AvgIpc) is 2.20. The molecule has 14 heavy (non-hydrogen) atoms. The third kappa shape index (κ3) is 3.96. The van der Waals surface area contributed by atoms with E-state index in [0.717, 1.165) is 5.69 Å². The Labute approximate surface area is 87.8 Å². The normalized spacial score (nSPS) is 10.1. The number of carbonyl (C=O) groups is 1. The SMILES string of the molecule is O=C(NC/C=C/Cl)Nc1ccccc1. The van der Waals surface area contributed by atoms with Gasteiger partial charge in [0.05, 0.1) is 0 Å². The maximum atomic E-state index is 11.2. The number of halogens is 1. The Bertz CT molecular complexity index is 311.